The van der Waals surface area contributed by atoms with Gasteiger partial charge in [0.25, 0.3) is 0 Å². The van der Waals surface area contributed by atoms with E-state index in [1.165, 1.54) is 6.33 Å². The van der Waals surface area contributed by atoms with Gasteiger partial charge >= 0.3 is 5.69 Å². The lowest BCUT2D eigenvalue weighted by molar-refractivity contribution is 0.993. The molecule has 0 aliphatic carbocycles. The largest absolute Gasteiger partial charge is 0.349 e. The number of H-pyrrole nitrogens is 1. The van der Waals surface area contributed by atoms with Crippen LogP contribution in [-0.4, -0.2) is 15.0 Å². The van der Waals surface area contributed by atoms with E-state index in [0.717, 1.165) is 5.69 Å². The summed E-state index contributed by atoms with van der Waals surface area (Å²) in [4.78, 5) is 20.6. The third-order valence-corrected chi connectivity index (χ3v) is 1.62. The SMILES string of the molecule is O=c1ncnc(Nc2ccccc2)[nH]1. The summed E-state index contributed by atoms with van der Waals surface area (Å²) in [5, 5.41) is 2.94. The summed E-state index contributed by atoms with van der Waals surface area (Å²) in [6.07, 6.45) is 1.21. The van der Waals surface area contributed by atoms with Crippen molar-refractivity contribution >= 4 is 11.6 Å². The summed E-state index contributed by atoms with van der Waals surface area (Å²) in [5.41, 5.74) is 0.445. The minimum absolute atomic E-state index is 0.385. The Hall–Kier alpha value is -2.17. The summed E-state index contributed by atoms with van der Waals surface area (Å²) in [6, 6.07) is 9.44. The van der Waals surface area contributed by atoms with E-state index in [-0.39, 0.29) is 0 Å². The Bertz CT molecular complexity index is 465. The van der Waals surface area contributed by atoms with E-state index < -0.39 is 5.69 Å². The Morgan fingerprint density at radius 3 is 2.64 bits per heavy atom. The number of hydrogen-bond donors (Lipinski definition) is 2. The van der Waals surface area contributed by atoms with Crippen LogP contribution in [0, 0.1) is 0 Å². The van der Waals surface area contributed by atoms with Crippen LogP contribution in [0.4, 0.5) is 11.6 Å². The topological polar surface area (TPSA) is 70.7 Å². The summed E-state index contributed by atoms with van der Waals surface area (Å²) >= 11 is 0. The molecular formula is C9H8N4O. The Morgan fingerprint density at radius 2 is 1.93 bits per heavy atom. The fourth-order valence-electron chi connectivity index (χ4n) is 1.03. The molecule has 1 heterocycles. The minimum Gasteiger partial charge on any atom is -0.326 e. The number of aromatic nitrogens is 3. The molecule has 2 rings (SSSR count). The molecule has 0 saturated carbocycles. The van der Waals surface area contributed by atoms with Crippen LogP contribution in [0.2, 0.25) is 0 Å². The number of hydrogen-bond acceptors (Lipinski definition) is 4. The van der Waals surface area contributed by atoms with Gasteiger partial charge in [0.15, 0.2) is 0 Å². The number of para-hydroxylation sites is 1. The molecule has 1 aromatic carbocycles. The Labute approximate surface area is 79.9 Å². The van der Waals surface area contributed by atoms with Crippen LogP contribution < -0.4 is 11.0 Å². The van der Waals surface area contributed by atoms with E-state index in [9.17, 15) is 4.79 Å². The van der Waals surface area contributed by atoms with Crippen LogP contribution in [0.5, 0.6) is 0 Å². The van der Waals surface area contributed by atoms with Gasteiger partial charge in [0.1, 0.15) is 6.33 Å². The molecule has 0 unspecified atom stereocenters. The number of nitrogens with zero attached hydrogens (tertiary/aromatic N) is 2. The van der Waals surface area contributed by atoms with Crippen molar-refractivity contribution in [3.8, 4) is 0 Å². The summed E-state index contributed by atoms with van der Waals surface area (Å²) in [7, 11) is 0. The van der Waals surface area contributed by atoms with E-state index in [1.54, 1.807) is 0 Å². The molecule has 0 bridgehead atoms. The Morgan fingerprint density at radius 1 is 1.14 bits per heavy atom. The highest BCUT2D eigenvalue weighted by Crippen LogP contribution is 2.08. The van der Waals surface area contributed by atoms with Gasteiger partial charge in [-0.2, -0.15) is 4.98 Å². The van der Waals surface area contributed by atoms with E-state index in [4.69, 9.17) is 0 Å². The lowest BCUT2D eigenvalue weighted by Crippen LogP contribution is -2.12. The quantitative estimate of drug-likeness (QED) is 0.734. The normalized spacial score (nSPS) is 9.71. The highest BCUT2D eigenvalue weighted by atomic mass is 16.1. The van der Waals surface area contributed by atoms with Crippen molar-refractivity contribution in [2.24, 2.45) is 0 Å². The third kappa shape index (κ3) is 1.95. The molecule has 1 aromatic heterocycles. The summed E-state index contributed by atoms with van der Waals surface area (Å²) in [6.45, 7) is 0. The van der Waals surface area contributed by atoms with Gasteiger partial charge in [0.05, 0.1) is 0 Å². The number of rotatable bonds is 2. The molecule has 0 atom stereocenters. The maximum Gasteiger partial charge on any atom is 0.349 e. The zero-order valence-electron chi connectivity index (χ0n) is 7.27. The second-order valence-corrected chi connectivity index (χ2v) is 2.64. The minimum atomic E-state index is -0.418. The second-order valence-electron chi connectivity index (χ2n) is 2.64. The van der Waals surface area contributed by atoms with E-state index in [0.29, 0.717) is 5.95 Å². The van der Waals surface area contributed by atoms with E-state index in [2.05, 4.69) is 20.3 Å². The summed E-state index contributed by atoms with van der Waals surface area (Å²) in [5.74, 6) is 0.385. The third-order valence-electron chi connectivity index (χ3n) is 1.62. The van der Waals surface area contributed by atoms with Crippen LogP contribution in [-0.2, 0) is 0 Å². The molecule has 0 amide bonds. The molecular weight excluding hydrogens is 180 g/mol. The first-order valence-corrected chi connectivity index (χ1v) is 4.08. The van der Waals surface area contributed by atoms with Crippen LogP contribution in [0.15, 0.2) is 41.5 Å². The highest BCUT2D eigenvalue weighted by Gasteiger charge is 1.94. The average Bonchev–Trinajstić information content (AvgIpc) is 2.19. The standard InChI is InChI=1S/C9H8N4O/c14-9-11-6-10-8(13-9)12-7-4-2-1-3-5-7/h1-6H,(H2,10,11,12,13,14). The Balaban J connectivity index is 2.24. The lowest BCUT2D eigenvalue weighted by Gasteiger charge is -2.02. The van der Waals surface area contributed by atoms with Gasteiger partial charge in [0, 0.05) is 5.69 Å². The van der Waals surface area contributed by atoms with Crippen molar-refractivity contribution in [1.82, 2.24) is 15.0 Å². The predicted octanol–water partition coefficient (Wildman–Crippen LogP) is 0.909. The molecule has 0 radical (unpaired) electrons. The second kappa shape index (κ2) is 3.69. The lowest BCUT2D eigenvalue weighted by atomic mass is 10.3. The molecule has 2 aromatic rings. The van der Waals surface area contributed by atoms with Gasteiger partial charge in [-0.1, -0.05) is 18.2 Å². The van der Waals surface area contributed by atoms with Crippen molar-refractivity contribution < 1.29 is 0 Å². The van der Waals surface area contributed by atoms with Crippen LogP contribution in [0.25, 0.3) is 0 Å². The molecule has 5 heteroatoms. The van der Waals surface area contributed by atoms with Crippen molar-refractivity contribution in [3.63, 3.8) is 0 Å². The number of nitrogens with one attached hydrogen (secondary N) is 2. The molecule has 0 aliphatic heterocycles. The van der Waals surface area contributed by atoms with Gasteiger partial charge in [-0.15, -0.1) is 0 Å². The van der Waals surface area contributed by atoms with Crippen molar-refractivity contribution in [3.05, 3.63) is 47.1 Å². The number of aromatic amines is 1. The maximum absolute atomic E-state index is 10.8. The van der Waals surface area contributed by atoms with Crippen LogP contribution in [0.1, 0.15) is 0 Å². The molecule has 2 N–H and O–H groups in total. The number of benzene rings is 1. The average molecular weight is 188 g/mol. The molecule has 0 spiro atoms. The number of anilines is 2. The maximum atomic E-state index is 10.8. The van der Waals surface area contributed by atoms with Gasteiger partial charge < -0.3 is 5.32 Å². The van der Waals surface area contributed by atoms with Gasteiger partial charge in [-0.25, -0.2) is 9.78 Å². The highest BCUT2D eigenvalue weighted by molar-refractivity contribution is 5.51. The zero-order valence-corrected chi connectivity index (χ0v) is 7.27. The van der Waals surface area contributed by atoms with E-state index in [1.807, 2.05) is 30.3 Å². The predicted molar refractivity (Wildman–Crippen MR) is 52.4 cm³/mol. The fourth-order valence-corrected chi connectivity index (χ4v) is 1.03. The molecule has 0 fully saturated rings. The monoisotopic (exact) mass is 188 g/mol. The fraction of sp³-hybridized carbons (Fsp3) is 0. The molecule has 70 valence electrons. The van der Waals surface area contributed by atoms with Crippen molar-refractivity contribution in [2.45, 2.75) is 0 Å². The first-order valence-electron chi connectivity index (χ1n) is 4.08. The van der Waals surface area contributed by atoms with Gasteiger partial charge in [-0.3, -0.25) is 4.98 Å². The van der Waals surface area contributed by atoms with Crippen molar-refractivity contribution in [2.75, 3.05) is 5.32 Å². The first kappa shape index (κ1) is 8.43. The van der Waals surface area contributed by atoms with Gasteiger partial charge in [0.2, 0.25) is 5.95 Å². The Kier molecular flexibility index (Phi) is 2.22. The first-order chi connectivity index (χ1) is 6.84. The smallest absolute Gasteiger partial charge is 0.326 e. The summed E-state index contributed by atoms with van der Waals surface area (Å²) < 4.78 is 0. The molecule has 0 aliphatic rings. The molecule has 0 saturated heterocycles. The zero-order chi connectivity index (χ0) is 9.80. The van der Waals surface area contributed by atoms with Crippen LogP contribution >= 0.6 is 0 Å². The van der Waals surface area contributed by atoms with Crippen molar-refractivity contribution in [1.29, 1.82) is 0 Å². The van der Waals surface area contributed by atoms with E-state index >= 15 is 0 Å². The molecule has 14 heavy (non-hydrogen) atoms. The molecule has 5 nitrogen and oxygen atoms in total. The van der Waals surface area contributed by atoms with Crippen LogP contribution in [0.3, 0.4) is 0 Å². The van der Waals surface area contributed by atoms with Gasteiger partial charge in [-0.05, 0) is 12.1 Å².